The third-order valence-electron chi connectivity index (χ3n) is 7.67. The zero-order chi connectivity index (χ0) is 27.3. The summed E-state index contributed by atoms with van der Waals surface area (Å²) in [5.41, 5.74) is 2.28. The Bertz CT molecular complexity index is 1590. The lowest BCUT2D eigenvalue weighted by Gasteiger charge is -2.32. The Labute approximate surface area is 232 Å². The number of H-pyrrole nitrogens is 1. The molecular formula is C31H34N6O3. The summed E-state index contributed by atoms with van der Waals surface area (Å²) in [6, 6.07) is 21.5. The van der Waals surface area contributed by atoms with Gasteiger partial charge in [-0.05, 0) is 72.2 Å². The quantitative estimate of drug-likeness (QED) is 0.240. The number of nitrogens with zero attached hydrogens (tertiary/aromatic N) is 5. The molecule has 1 saturated carbocycles. The van der Waals surface area contributed by atoms with E-state index in [2.05, 4.69) is 37.5 Å². The highest BCUT2D eigenvalue weighted by molar-refractivity contribution is 5.80. The van der Waals surface area contributed by atoms with Crippen molar-refractivity contribution < 1.29 is 9.15 Å². The summed E-state index contributed by atoms with van der Waals surface area (Å²) in [6.07, 6.45) is 7.23. The summed E-state index contributed by atoms with van der Waals surface area (Å²) in [4.78, 5) is 19.1. The molecule has 40 heavy (non-hydrogen) atoms. The molecule has 1 fully saturated rings. The van der Waals surface area contributed by atoms with Gasteiger partial charge in [0.2, 0.25) is 0 Å². The molecule has 1 aliphatic rings. The van der Waals surface area contributed by atoms with Crippen molar-refractivity contribution >= 4 is 10.9 Å². The minimum atomic E-state index is -0.522. The summed E-state index contributed by atoms with van der Waals surface area (Å²) in [5.74, 6) is 2.22. The molecule has 1 aliphatic carbocycles. The molecule has 1 N–H and O–H groups in total. The summed E-state index contributed by atoms with van der Waals surface area (Å²) >= 11 is 0. The first-order chi connectivity index (χ1) is 19.7. The zero-order valence-corrected chi connectivity index (χ0v) is 22.7. The predicted octanol–water partition coefficient (Wildman–Crippen LogP) is 5.80. The number of benzene rings is 2. The molecule has 0 radical (unpaired) electrons. The summed E-state index contributed by atoms with van der Waals surface area (Å²) in [6.45, 7) is 3.56. The highest BCUT2D eigenvalue weighted by Gasteiger charge is 2.33. The Kier molecular flexibility index (Phi) is 7.72. The second kappa shape index (κ2) is 11.9. The lowest BCUT2D eigenvalue weighted by atomic mass is 9.95. The number of aromatic amines is 1. The van der Waals surface area contributed by atoms with Crippen LogP contribution < -0.4 is 10.3 Å². The normalized spacial score (nSPS) is 15.1. The number of pyridine rings is 1. The van der Waals surface area contributed by atoms with Crippen LogP contribution in [0.25, 0.3) is 10.9 Å². The van der Waals surface area contributed by atoms with Crippen LogP contribution in [0.2, 0.25) is 0 Å². The lowest BCUT2D eigenvalue weighted by Crippen LogP contribution is -2.35. The van der Waals surface area contributed by atoms with Crippen molar-refractivity contribution in [2.24, 2.45) is 0 Å². The number of hydrogen-bond acceptors (Lipinski definition) is 7. The molecule has 1 unspecified atom stereocenters. The van der Waals surface area contributed by atoms with Gasteiger partial charge >= 0.3 is 0 Å². The lowest BCUT2D eigenvalue weighted by molar-refractivity contribution is 0.173. The van der Waals surface area contributed by atoms with E-state index in [0.29, 0.717) is 31.1 Å². The Hall–Kier alpha value is -4.24. The second-order valence-corrected chi connectivity index (χ2v) is 10.4. The molecule has 5 aromatic rings. The molecule has 0 amide bonds. The maximum Gasteiger partial charge on any atom is 0.253 e. The van der Waals surface area contributed by atoms with Gasteiger partial charge in [-0.25, -0.2) is 4.68 Å². The van der Waals surface area contributed by atoms with E-state index in [1.807, 2.05) is 66.2 Å². The van der Waals surface area contributed by atoms with Crippen molar-refractivity contribution in [2.75, 3.05) is 6.61 Å². The smallest absolute Gasteiger partial charge is 0.253 e. The standard InChI is InChI=1S/C31H34N6O3/c1-2-39-25-15-16-28-23(18-25)19-27(31(38)32-28)29(30-33-34-35-37(30)24-12-7-4-8-13-24)36(21-26-14-9-17-40-26)20-22-10-5-3-6-11-22/h3,5-6,9-11,14-19,24,29H,2,4,7-8,12-13,20-21H2,1H3,(H,32,38). The summed E-state index contributed by atoms with van der Waals surface area (Å²) in [5, 5.41) is 14.1. The van der Waals surface area contributed by atoms with Gasteiger partial charge in [0.15, 0.2) is 5.82 Å². The SMILES string of the molecule is CCOc1ccc2[nH]c(=O)c(C(c3nnnn3C3CCCCC3)N(Cc3ccccc3)Cc3ccco3)cc2c1. The molecule has 0 aliphatic heterocycles. The Morgan fingerprint density at radius 3 is 2.67 bits per heavy atom. The zero-order valence-electron chi connectivity index (χ0n) is 22.7. The number of aromatic nitrogens is 5. The first-order valence-electron chi connectivity index (χ1n) is 14.1. The number of fused-ring (bicyclic) bond motifs is 1. The van der Waals surface area contributed by atoms with Crippen LogP contribution in [0.1, 0.15) is 73.8 Å². The van der Waals surface area contributed by atoms with Crippen molar-refractivity contribution in [3.8, 4) is 5.75 Å². The van der Waals surface area contributed by atoms with E-state index in [1.54, 1.807) is 6.26 Å². The molecule has 0 bridgehead atoms. The van der Waals surface area contributed by atoms with Crippen LogP contribution in [-0.4, -0.2) is 36.7 Å². The van der Waals surface area contributed by atoms with Crippen LogP contribution in [-0.2, 0) is 13.1 Å². The molecular weight excluding hydrogens is 504 g/mol. The van der Waals surface area contributed by atoms with Gasteiger partial charge in [-0.2, -0.15) is 0 Å². The molecule has 2 aromatic carbocycles. The minimum Gasteiger partial charge on any atom is -0.494 e. The number of rotatable bonds is 10. The monoisotopic (exact) mass is 538 g/mol. The first-order valence-corrected chi connectivity index (χ1v) is 14.1. The number of tetrazole rings is 1. The molecule has 1 atom stereocenters. The molecule has 6 rings (SSSR count). The average Bonchev–Trinajstić information content (AvgIpc) is 3.68. The topological polar surface area (TPSA) is 102 Å². The van der Waals surface area contributed by atoms with Crippen LogP contribution in [0.4, 0.5) is 0 Å². The Balaban J connectivity index is 1.52. The van der Waals surface area contributed by atoms with Crippen molar-refractivity contribution in [1.82, 2.24) is 30.1 Å². The van der Waals surface area contributed by atoms with E-state index in [-0.39, 0.29) is 11.6 Å². The minimum absolute atomic E-state index is 0.169. The summed E-state index contributed by atoms with van der Waals surface area (Å²) in [7, 11) is 0. The van der Waals surface area contributed by atoms with E-state index in [9.17, 15) is 4.79 Å². The van der Waals surface area contributed by atoms with Gasteiger partial charge in [0.25, 0.3) is 5.56 Å². The van der Waals surface area contributed by atoms with Crippen molar-refractivity contribution in [2.45, 2.75) is 64.2 Å². The van der Waals surface area contributed by atoms with Gasteiger partial charge in [0, 0.05) is 23.0 Å². The third-order valence-corrected chi connectivity index (χ3v) is 7.67. The van der Waals surface area contributed by atoms with Crippen LogP contribution in [0, 0.1) is 0 Å². The molecule has 206 valence electrons. The number of ether oxygens (including phenoxy) is 1. The van der Waals surface area contributed by atoms with Crippen LogP contribution in [0.5, 0.6) is 5.75 Å². The van der Waals surface area contributed by atoms with Gasteiger partial charge in [-0.3, -0.25) is 9.69 Å². The van der Waals surface area contributed by atoms with Crippen LogP contribution in [0.3, 0.4) is 0 Å². The second-order valence-electron chi connectivity index (χ2n) is 10.4. The van der Waals surface area contributed by atoms with Crippen molar-refractivity contribution in [3.63, 3.8) is 0 Å². The fourth-order valence-corrected chi connectivity index (χ4v) is 5.79. The van der Waals surface area contributed by atoms with E-state index < -0.39 is 6.04 Å². The maximum atomic E-state index is 13.8. The Morgan fingerprint density at radius 1 is 1.05 bits per heavy atom. The van der Waals surface area contributed by atoms with Gasteiger partial charge in [0.05, 0.1) is 25.5 Å². The van der Waals surface area contributed by atoms with Crippen LogP contribution >= 0.6 is 0 Å². The van der Waals surface area contributed by atoms with E-state index in [1.165, 1.54) is 6.42 Å². The van der Waals surface area contributed by atoms with E-state index >= 15 is 0 Å². The maximum absolute atomic E-state index is 13.8. The fraction of sp³-hybridized carbons (Fsp3) is 0.355. The van der Waals surface area contributed by atoms with Gasteiger partial charge in [-0.15, -0.1) is 5.10 Å². The largest absolute Gasteiger partial charge is 0.494 e. The predicted molar refractivity (Wildman–Crippen MR) is 152 cm³/mol. The number of nitrogens with one attached hydrogen (secondary N) is 1. The molecule has 3 heterocycles. The first kappa shape index (κ1) is 26.0. The van der Waals surface area contributed by atoms with Crippen LogP contribution in [0.15, 0.2) is 82.2 Å². The highest BCUT2D eigenvalue weighted by atomic mass is 16.5. The van der Waals surface area contributed by atoms with Gasteiger partial charge < -0.3 is 14.1 Å². The molecule has 9 nitrogen and oxygen atoms in total. The number of hydrogen-bond donors (Lipinski definition) is 1. The van der Waals surface area contributed by atoms with Crippen molar-refractivity contribution in [1.29, 1.82) is 0 Å². The number of furan rings is 1. The highest BCUT2D eigenvalue weighted by Crippen LogP contribution is 2.35. The average molecular weight is 539 g/mol. The van der Waals surface area contributed by atoms with E-state index in [0.717, 1.165) is 53.7 Å². The summed E-state index contributed by atoms with van der Waals surface area (Å²) < 4.78 is 13.5. The molecule has 0 saturated heterocycles. The van der Waals surface area contributed by atoms with E-state index in [4.69, 9.17) is 9.15 Å². The molecule has 0 spiro atoms. The molecule has 3 aromatic heterocycles. The van der Waals surface area contributed by atoms with Crippen molar-refractivity contribution in [3.05, 3.63) is 106 Å². The Morgan fingerprint density at radius 2 is 1.90 bits per heavy atom. The third kappa shape index (κ3) is 5.56. The van der Waals surface area contributed by atoms with Gasteiger partial charge in [0.1, 0.15) is 17.6 Å². The fourth-order valence-electron chi connectivity index (χ4n) is 5.79. The van der Waals surface area contributed by atoms with Gasteiger partial charge in [-0.1, -0.05) is 49.6 Å². The molecule has 9 heteroatoms.